The molecule has 0 aliphatic carbocycles. The first-order chi connectivity index (χ1) is 4.79. The molecule has 0 aromatic carbocycles. The highest BCUT2D eigenvalue weighted by Crippen LogP contribution is 2.02. The molecule has 0 saturated carbocycles. The summed E-state index contributed by atoms with van der Waals surface area (Å²) in [6, 6.07) is 3.63. The quantitative estimate of drug-likeness (QED) is 0.638. The number of pyridine rings is 1. The van der Waals surface area contributed by atoms with Crippen LogP contribution in [0.2, 0.25) is 0 Å². The van der Waals surface area contributed by atoms with Crippen molar-refractivity contribution in [3.8, 4) is 0 Å². The second-order valence-electron chi connectivity index (χ2n) is 1.80. The van der Waals surface area contributed by atoms with Crippen molar-refractivity contribution in [2.75, 3.05) is 0 Å². The summed E-state index contributed by atoms with van der Waals surface area (Å²) in [5.41, 5.74) is 0.899. The summed E-state index contributed by atoms with van der Waals surface area (Å²) in [5.74, 6) is 0.370. The van der Waals surface area contributed by atoms with Crippen LogP contribution in [-0.4, -0.2) is 9.19 Å². The van der Waals surface area contributed by atoms with Crippen LogP contribution in [0, 0.1) is 0 Å². The van der Waals surface area contributed by atoms with Gasteiger partial charge >= 0.3 is 0 Å². The summed E-state index contributed by atoms with van der Waals surface area (Å²) in [6.07, 6.45) is 3.32. The molecular formula is C6H6ClNOS. The van der Waals surface area contributed by atoms with Crippen LogP contribution in [0.25, 0.3) is 0 Å². The van der Waals surface area contributed by atoms with Crippen LogP contribution in [0.3, 0.4) is 0 Å². The van der Waals surface area contributed by atoms with Gasteiger partial charge in [-0.15, -0.1) is 0 Å². The zero-order valence-electron chi connectivity index (χ0n) is 5.16. The minimum atomic E-state index is -1.28. The highest BCUT2D eigenvalue weighted by Gasteiger charge is 1.95. The Bertz CT molecular complexity index is 226. The Hall–Kier alpha value is -0.410. The Balaban J connectivity index is 2.67. The van der Waals surface area contributed by atoms with Crippen molar-refractivity contribution in [1.29, 1.82) is 0 Å². The van der Waals surface area contributed by atoms with Gasteiger partial charge in [0.05, 0.1) is 5.75 Å². The van der Waals surface area contributed by atoms with E-state index in [9.17, 15) is 4.21 Å². The predicted molar refractivity (Wildman–Crippen MR) is 41.9 cm³/mol. The lowest BCUT2D eigenvalue weighted by Gasteiger charge is -1.92. The SMILES string of the molecule is O=S(Cl)Cc1cccnc1. The van der Waals surface area contributed by atoms with Gasteiger partial charge in [-0.1, -0.05) is 6.07 Å². The van der Waals surface area contributed by atoms with Crippen LogP contribution in [0.15, 0.2) is 24.5 Å². The van der Waals surface area contributed by atoms with Crippen LogP contribution in [0.4, 0.5) is 0 Å². The molecule has 2 nitrogen and oxygen atoms in total. The van der Waals surface area contributed by atoms with Gasteiger partial charge in [-0.25, -0.2) is 4.21 Å². The average Bonchev–Trinajstić information content (AvgIpc) is 1.88. The molecule has 0 saturated heterocycles. The van der Waals surface area contributed by atoms with Gasteiger partial charge in [0, 0.05) is 12.4 Å². The largest absolute Gasteiger partial charge is 0.264 e. The van der Waals surface area contributed by atoms with Crippen molar-refractivity contribution < 1.29 is 4.21 Å². The second kappa shape index (κ2) is 3.68. The van der Waals surface area contributed by atoms with Crippen LogP contribution in [0.1, 0.15) is 5.56 Å². The maximum absolute atomic E-state index is 10.5. The molecule has 0 aliphatic heterocycles. The fraction of sp³-hybridized carbons (Fsp3) is 0.167. The van der Waals surface area contributed by atoms with Crippen molar-refractivity contribution in [2.45, 2.75) is 5.75 Å². The molecule has 1 aromatic rings. The summed E-state index contributed by atoms with van der Waals surface area (Å²) < 4.78 is 10.5. The second-order valence-corrected chi connectivity index (χ2v) is 3.70. The van der Waals surface area contributed by atoms with E-state index in [4.69, 9.17) is 10.7 Å². The topological polar surface area (TPSA) is 30.0 Å². The number of hydrogen-bond acceptors (Lipinski definition) is 2. The standard InChI is InChI=1S/C6H6ClNOS/c7-10(9)5-6-2-1-3-8-4-6/h1-4H,5H2. The summed E-state index contributed by atoms with van der Waals surface area (Å²) in [5, 5.41) is 0. The lowest BCUT2D eigenvalue weighted by Crippen LogP contribution is -1.87. The Morgan fingerprint density at radius 1 is 1.70 bits per heavy atom. The van der Waals surface area contributed by atoms with Gasteiger partial charge in [0.1, 0.15) is 10.0 Å². The summed E-state index contributed by atoms with van der Waals surface area (Å²) >= 11 is 0. The zero-order valence-corrected chi connectivity index (χ0v) is 6.73. The Labute approximate surface area is 66.2 Å². The van der Waals surface area contributed by atoms with E-state index in [1.807, 2.05) is 6.07 Å². The van der Waals surface area contributed by atoms with Gasteiger partial charge in [0.25, 0.3) is 0 Å². The molecule has 0 N–H and O–H groups in total. The molecule has 0 aliphatic rings. The van der Waals surface area contributed by atoms with Gasteiger partial charge in [-0.3, -0.25) is 4.98 Å². The van der Waals surface area contributed by atoms with E-state index in [1.165, 1.54) is 0 Å². The number of hydrogen-bond donors (Lipinski definition) is 0. The Kier molecular flexibility index (Phi) is 2.83. The molecule has 10 heavy (non-hydrogen) atoms. The fourth-order valence-corrected chi connectivity index (χ4v) is 1.43. The fourth-order valence-electron chi connectivity index (χ4n) is 0.615. The number of halogens is 1. The molecular weight excluding hydrogens is 170 g/mol. The van der Waals surface area contributed by atoms with E-state index in [1.54, 1.807) is 18.5 Å². The first-order valence-corrected chi connectivity index (χ1v) is 4.87. The molecule has 0 radical (unpaired) electrons. The molecule has 1 unspecified atom stereocenters. The summed E-state index contributed by atoms with van der Waals surface area (Å²) in [4.78, 5) is 3.84. The van der Waals surface area contributed by atoms with Crippen LogP contribution in [-0.2, 0) is 15.8 Å². The van der Waals surface area contributed by atoms with E-state index in [0.29, 0.717) is 5.75 Å². The van der Waals surface area contributed by atoms with E-state index >= 15 is 0 Å². The lowest BCUT2D eigenvalue weighted by atomic mass is 10.3. The third-order valence-corrected chi connectivity index (χ3v) is 1.89. The molecule has 54 valence electrons. The molecule has 0 bridgehead atoms. The smallest absolute Gasteiger partial charge is 0.119 e. The van der Waals surface area contributed by atoms with Crippen LogP contribution in [0.5, 0.6) is 0 Å². The van der Waals surface area contributed by atoms with E-state index < -0.39 is 10.0 Å². The highest BCUT2D eigenvalue weighted by atomic mass is 35.7. The molecule has 0 amide bonds. The van der Waals surface area contributed by atoms with Gasteiger partial charge in [-0.05, 0) is 22.3 Å². The van der Waals surface area contributed by atoms with Crippen molar-refractivity contribution in [3.63, 3.8) is 0 Å². The molecule has 0 fully saturated rings. The third-order valence-electron chi connectivity index (χ3n) is 1.00. The van der Waals surface area contributed by atoms with Gasteiger partial charge < -0.3 is 0 Å². The molecule has 1 atom stereocenters. The lowest BCUT2D eigenvalue weighted by molar-refractivity contribution is 0.690. The monoisotopic (exact) mass is 175 g/mol. The predicted octanol–water partition coefficient (Wildman–Crippen LogP) is 1.48. The number of aromatic nitrogens is 1. The Morgan fingerprint density at radius 3 is 3.00 bits per heavy atom. The normalized spacial score (nSPS) is 12.9. The summed E-state index contributed by atoms with van der Waals surface area (Å²) in [6.45, 7) is 0. The summed E-state index contributed by atoms with van der Waals surface area (Å²) in [7, 11) is 3.97. The first kappa shape index (κ1) is 7.69. The molecule has 0 spiro atoms. The highest BCUT2D eigenvalue weighted by molar-refractivity contribution is 8.07. The molecule has 4 heteroatoms. The van der Waals surface area contributed by atoms with Gasteiger partial charge in [0.2, 0.25) is 0 Å². The molecule has 1 heterocycles. The number of rotatable bonds is 2. The van der Waals surface area contributed by atoms with E-state index in [0.717, 1.165) is 5.56 Å². The van der Waals surface area contributed by atoms with Crippen LogP contribution < -0.4 is 0 Å². The minimum absolute atomic E-state index is 0.370. The zero-order chi connectivity index (χ0) is 7.40. The maximum Gasteiger partial charge on any atom is 0.119 e. The van der Waals surface area contributed by atoms with E-state index in [2.05, 4.69) is 4.98 Å². The third kappa shape index (κ3) is 2.45. The Morgan fingerprint density at radius 2 is 2.50 bits per heavy atom. The first-order valence-electron chi connectivity index (χ1n) is 2.72. The van der Waals surface area contributed by atoms with Gasteiger partial charge in [0.15, 0.2) is 0 Å². The van der Waals surface area contributed by atoms with Gasteiger partial charge in [-0.2, -0.15) is 0 Å². The van der Waals surface area contributed by atoms with Crippen molar-refractivity contribution >= 4 is 20.7 Å². The maximum atomic E-state index is 10.5. The average molecular weight is 176 g/mol. The van der Waals surface area contributed by atoms with Crippen molar-refractivity contribution in [3.05, 3.63) is 30.1 Å². The minimum Gasteiger partial charge on any atom is -0.264 e. The van der Waals surface area contributed by atoms with Crippen molar-refractivity contribution in [2.24, 2.45) is 0 Å². The van der Waals surface area contributed by atoms with E-state index in [-0.39, 0.29) is 0 Å². The number of nitrogens with zero attached hydrogens (tertiary/aromatic N) is 1. The van der Waals surface area contributed by atoms with Crippen LogP contribution >= 0.6 is 10.7 Å². The molecule has 1 rings (SSSR count). The molecule has 1 aromatic heterocycles. The van der Waals surface area contributed by atoms with Crippen molar-refractivity contribution in [1.82, 2.24) is 4.98 Å².